The summed E-state index contributed by atoms with van der Waals surface area (Å²) < 4.78 is 0. The second-order valence-corrected chi connectivity index (χ2v) is 6.50. The number of carboxylic acid groups (broad SMARTS) is 1. The third kappa shape index (κ3) is 5.17. The lowest BCUT2D eigenvalue weighted by Gasteiger charge is -2.05. The molecular formula is C17H20N2O3S. The number of carbonyl (C=O) groups excluding carboxylic acids is 1. The summed E-state index contributed by atoms with van der Waals surface area (Å²) in [5, 5.41) is 14.7. The van der Waals surface area contributed by atoms with Crippen LogP contribution in [-0.2, 0) is 17.6 Å². The third-order valence-corrected chi connectivity index (χ3v) is 4.54. The number of aromatic nitrogens is 1. The summed E-state index contributed by atoms with van der Waals surface area (Å²) in [6.07, 6.45) is 0.959. The van der Waals surface area contributed by atoms with Gasteiger partial charge in [0.2, 0.25) is 5.91 Å². The maximum Gasteiger partial charge on any atom is 0.335 e. The lowest BCUT2D eigenvalue weighted by molar-refractivity contribution is -0.120. The average Bonchev–Trinajstić information content (AvgIpc) is 2.96. The van der Waals surface area contributed by atoms with Crippen LogP contribution < -0.4 is 5.32 Å². The molecule has 0 saturated heterocycles. The fraction of sp³-hybridized carbons (Fsp3) is 0.353. The Kier molecular flexibility index (Phi) is 5.87. The minimum Gasteiger partial charge on any atom is -0.478 e. The van der Waals surface area contributed by atoms with Crippen LogP contribution in [0.1, 0.15) is 46.4 Å². The van der Waals surface area contributed by atoms with E-state index in [0.717, 1.165) is 16.3 Å². The molecule has 1 amide bonds. The monoisotopic (exact) mass is 332 g/mol. The molecule has 0 unspecified atom stereocenters. The summed E-state index contributed by atoms with van der Waals surface area (Å²) in [5.74, 6) is -0.604. The van der Waals surface area contributed by atoms with Crippen LogP contribution in [0.2, 0.25) is 0 Å². The van der Waals surface area contributed by atoms with Gasteiger partial charge in [0.25, 0.3) is 0 Å². The molecule has 1 heterocycles. The van der Waals surface area contributed by atoms with Crippen LogP contribution in [0, 0.1) is 0 Å². The lowest BCUT2D eigenvalue weighted by atomic mass is 10.1. The Morgan fingerprint density at radius 3 is 2.52 bits per heavy atom. The Morgan fingerprint density at radius 1 is 1.26 bits per heavy atom. The van der Waals surface area contributed by atoms with Crippen LogP contribution in [-0.4, -0.2) is 28.5 Å². The van der Waals surface area contributed by atoms with E-state index in [1.54, 1.807) is 35.6 Å². The molecule has 0 atom stereocenters. The first-order chi connectivity index (χ1) is 11.0. The Labute approximate surface area is 139 Å². The molecule has 5 nitrogen and oxygen atoms in total. The summed E-state index contributed by atoms with van der Waals surface area (Å²) in [4.78, 5) is 27.1. The third-order valence-electron chi connectivity index (χ3n) is 3.34. The first kappa shape index (κ1) is 17.1. The number of amides is 1. The van der Waals surface area contributed by atoms with Crippen molar-refractivity contribution < 1.29 is 14.7 Å². The highest BCUT2D eigenvalue weighted by atomic mass is 32.1. The first-order valence-corrected chi connectivity index (χ1v) is 8.37. The lowest BCUT2D eigenvalue weighted by Crippen LogP contribution is -2.27. The normalized spacial score (nSPS) is 10.7. The Hall–Kier alpha value is -2.21. The molecule has 0 aliphatic rings. The van der Waals surface area contributed by atoms with Gasteiger partial charge in [-0.2, -0.15) is 0 Å². The number of nitrogens with one attached hydrogen (secondary N) is 1. The smallest absolute Gasteiger partial charge is 0.335 e. The fourth-order valence-electron chi connectivity index (χ4n) is 2.06. The van der Waals surface area contributed by atoms with Gasteiger partial charge in [-0.15, -0.1) is 11.3 Å². The molecule has 2 rings (SSSR count). The van der Waals surface area contributed by atoms with Crippen molar-refractivity contribution in [1.29, 1.82) is 0 Å². The van der Waals surface area contributed by atoms with Gasteiger partial charge in [-0.3, -0.25) is 4.79 Å². The number of benzene rings is 1. The van der Waals surface area contributed by atoms with Crippen molar-refractivity contribution in [2.45, 2.75) is 32.6 Å². The number of thiazole rings is 1. The molecule has 6 heteroatoms. The molecule has 23 heavy (non-hydrogen) atoms. The van der Waals surface area contributed by atoms with Gasteiger partial charge in [0.15, 0.2) is 0 Å². The van der Waals surface area contributed by atoms with Crippen LogP contribution >= 0.6 is 11.3 Å². The summed E-state index contributed by atoms with van der Waals surface area (Å²) in [6, 6.07) is 6.68. The predicted octanol–water partition coefficient (Wildman–Crippen LogP) is 2.87. The maximum absolute atomic E-state index is 11.9. The summed E-state index contributed by atoms with van der Waals surface area (Å²) >= 11 is 1.58. The molecule has 1 aromatic carbocycles. The van der Waals surface area contributed by atoms with Gasteiger partial charge in [0.05, 0.1) is 22.7 Å². The number of carboxylic acids is 1. The van der Waals surface area contributed by atoms with Gasteiger partial charge in [-0.1, -0.05) is 26.0 Å². The zero-order valence-electron chi connectivity index (χ0n) is 13.2. The minimum atomic E-state index is -0.936. The molecule has 0 fully saturated rings. The summed E-state index contributed by atoms with van der Waals surface area (Å²) in [6.45, 7) is 4.68. The van der Waals surface area contributed by atoms with Crippen molar-refractivity contribution >= 4 is 23.2 Å². The second-order valence-electron chi connectivity index (χ2n) is 5.61. The number of hydrogen-bond acceptors (Lipinski definition) is 4. The van der Waals surface area contributed by atoms with Crippen molar-refractivity contribution in [2.75, 3.05) is 6.54 Å². The van der Waals surface area contributed by atoms with E-state index in [2.05, 4.69) is 24.1 Å². The summed E-state index contributed by atoms with van der Waals surface area (Å²) in [5.41, 5.74) is 2.07. The number of hydrogen-bond donors (Lipinski definition) is 2. The van der Waals surface area contributed by atoms with E-state index in [-0.39, 0.29) is 11.5 Å². The maximum atomic E-state index is 11.9. The van der Waals surface area contributed by atoms with Crippen molar-refractivity contribution in [2.24, 2.45) is 0 Å². The highest BCUT2D eigenvalue weighted by molar-refractivity contribution is 7.09. The quantitative estimate of drug-likeness (QED) is 0.817. The van der Waals surface area contributed by atoms with E-state index in [0.29, 0.717) is 25.3 Å². The predicted molar refractivity (Wildman–Crippen MR) is 90.0 cm³/mol. The van der Waals surface area contributed by atoms with Gasteiger partial charge in [-0.05, 0) is 24.1 Å². The molecule has 0 radical (unpaired) electrons. The van der Waals surface area contributed by atoms with Gasteiger partial charge in [0.1, 0.15) is 0 Å². The highest BCUT2D eigenvalue weighted by Crippen LogP contribution is 2.19. The number of aromatic carboxylic acids is 1. The zero-order chi connectivity index (χ0) is 16.8. The van der Waals surface area contributed by atoms with Crippen molar-refractivity contribution in [3.8, 4) is 0 Å². The zero-order valence-corrected chi connectivity index (χ0v) is 14.0. The van der Waals surface area contributed by atoms with E-state index >= 15 is 0 Å². The summed E-state index contributed by atoms with van der Waals surface area (Å²) in [7, 11) is 0. The average molecular weight is 332 g/mol. The largest absolute Gasteiger partial charge is 0.478 e. The van der Waals surface area contributed by atoms with Crippen molar-refractivity contribution in [1.82, 2.24) is 10.3 Å². The molecular weight excluding hydrogens is 312 g/mol. The minimum absolute atomic E-state index is 0.0484. The SMILES string of the molecule is CC(C)c1nc(CC(=O)NCCc2ccc(C(=O)O)cc2)cs1. The number of nitrogens with zero attached hydrogens (tertiary/aromatic N) is 1. The van der Waals surface area contributed by atoms with Gasteiger partial charge in [-0.25, -0.2) is 9.78 Å². The molecule has 122 valence electrons. The van der Waals surface area contributed by atoms with E-state index < -0.39 is 5.97 Å². The van der Waals surface area contributed by atoms with E-state index in [4.69, 9.17) is 5.11 Å². The van der Waals surface area contributed by atoms with Crippen LogP contribution in [0.4, 0.5) is 0 Å². The van der Waals surface area contributed by atoms with Crippen LogP contribution in [0.5, 0.6) is 0 Å². The molecule has 0 spiro atoms. The standard InChI is InChI=1S/C17H20N2O3S/c1-11(2)16-19-14(10-23-16)9-15(20)18-8-7-12-3-5-13(6-4-12)17(21)22/h3-6,10-11H,7-9H2,1-2H3,(H,18,20)(H,21,22). The van der Waals surface area contributed by atoms with E-state index in [9.17, 15) is 9.59 Å². The molecule has 0 aliphatic heterocycles. The van der Waals surface area contributed by atoms with Crippen LogP contribution in [0.25, 0.3) is 0 Å². The van der Waals surface area contributed by atoms with Gasteiger partial charge in [0, 0.05) is 17.8 Å². The highest BCUT2D eigenvalue weighted by Gasteiger charge is 2.09. The number of rotatable bonds is 7. The molecule has 0 saturated carbocycles. The second kappa shape index (κ2) is 7.87. The Balaban J connectivity index is 1.76. The molecule has 1 aromatic heterocycles. The van der Waals surface area contributed by atoms with Crippen LogP contribution in [0.15, 0.2) is 29.6 Å². The first-order valence-electron chi connectivity index (χ1n) is 7.49. The Morgan fingerprint density at radius 2 is 1.96 bits per heavy atom. The van der Waals surface area contributed by atoms with Crippen molar-refractivity contribution in [3.05, 3.63) is 51.5 Å². The molecule has 0 aliphatic carbocycles. The Bertz CT molecular complexity index is 677. The molecule has 2 N–H and O–H groups in total. The molecule has 0 bridgehead atoms. The van der Waals surface area contributed by atoms with Crippen molar-refractivity contribution in [3.63, 3.8) is 0 Å². The fourth-order valence-corrected chi connectivity index (χ4v) is 2.89. The topological polar surface area (TPSA) is 79.3 Å². The van der Waals surface area contributed by atoms with Gasteiger partial charge >= 0.3 is 5.97 Å². The molecule has 2 aromatic rings. The van der Waals surface area contributed by atoms with E-state index in [1.165, 1.54) is 0 Å². The van der Waals surface area contributed by atoms with Crippen LogP contribution in [0.3, 0.4) is 0 Å². The van der Waals surface area contributed by atoms with Gasteiger partial charge < -0.3 is 10.4 Å². The number of carbonyl (C=O) groups is 2. The van der Waals surface area contributed by atoms with E-state index in [1.807, 2.05) is 5.38 Å².